The van der Waals surface area contributed by atoms with Gasteiger partial charge < -0.3 is 20.1 Å². The van der Waals surface area contributed by atoms with Gasteiger partial charge in [-0.2, -0.15) is 0 Å². The molecule has 2 unspecified atom stereocenters. The van der Waals surface area contributed by atoms with Crippen LogP contribution in [0, 0.1) is 0 Å². The van der Waals surface area contributed by atoms with Gasteiger partial charge >= 0.3 is 13.8 Å². The maximum Gasteiger partial charge on any atom is 0.472 e. The van der Waals surface area contributed by atoms with Gasteiger partial charge in [0.2, 0.25) is 0 Å². The van der Waals surface area contributed by atoms with Gasteiger partial charge in [0.1, 0.15) is 6.10 Å². The lowest BCUT2D eigenvalue weighted by Crippen LogP contribution is -2.28. The molecule has 0 rings (SSSR count). The lowest BCUT2D eigenvalue weighted by molar-refractivity contribution is -0.154. The Balaban J connectivity index is 3.85. The van der Waals surface area contributed by atoms with Gasteiger partial charge in [-0.1, -0.05) is 76.7 Å². The van der Waals surface area contributed by atoms with Crippen LogP contribution in [-0.4, -0.2) is 49.9 Å². The minimum absolute atomic E-state index is 0.0973. The van der Waals surface area contributed by atoms with E-state index >= 15 is 0 Å². The average Bonchev–Trinajstić information content (AvgIpc) is 2.85. The van der Waals surface area contributed by atoms with E-state index in [2.05, 4.69) is 31.2 Å². The monoisotopic (exact) mass is 533 g/mol. The summed E-state index contributed by atoms with van der Waals surface area (Å²) in [6.07, 6.45) is 23.4. The van der Waals surface area contributed by atoms with Crippen molar-refractivity contribution in [2.45, 2.75) is 110 Å². The molecule has 3 N–H and O–H groups in total. The van der Waals surface area contributed by atoms with Gasteiger partial charge in [0.15, 0.2) is 0 Å². The molecule has 0 aromatic rings. The zero-order valence-corrected chi connectivity index (χ0v) is 23.6. The van der Waals surface area contributed by atoms with Crippen LogP contribution >= 0.6 is 7.82 Å². The normalized spacial score (nSPS) is 14.4. The van der Waals surface area contributed by atoms with Crippen LogP contribution in [0.2, 0.25) is 0 Å². The molecule has 2 atom stereocenters. The first kappa shape index (κ1) is 35.0. The standard InChI is InChI=1S/C27H52NO7P/c1-3-5-6-7-8-9-10-11-12-13-14-15-16-17-18-19-22-32-24-26(35-27(29)20-4-2)25-34-36(30,31)33-23-21-28/h8-9,11-12,26H,3-7,10,13-25,28H2,1-2H3,(H,30,31)/b9-8-,12-11-. The third kappa shape index (κ3) is 24.7. The molecular formula is C27H52NO7P. The van der Waals surface area contributed by atoms with Crippen LogP contribution in [0.1, 0.15) is 104 Å². The van der Waals surface area contributed by atoms with E-state index in [0.717, 1.165) is 32.1 Å². The van der Waals surface area contributed by atoms with Crippen molar-refractivity contribution < 1.29 is 32.8 Å². The van der Waals surface area contributed by atoms with E-state index in [4.69, 9.17) is 24.3 Å². The van der Waals surface area contributed by atoms with Crippen LogP contribution in [0.25, 0.3) is 0 Å². The first-order chi connectivity index (χ1) is 17.4. The number of hydrogen-bond donors (Lipinski definition) is 2. The number of carbonyl (C=O) groups is 1. The van der Waals surface area contributed by atoms with E-state index in [1.807, 2.05) is 6.92 Å². The van der Waals surface area contributed by atoms with Crippen molar-refractivity contribution in [1.29, 1.82) is 0 Å². The van der Waals surface area contributed by atoms with Crippen molar-refractivity contribution in [1.82, 2.24) is 0 Å². The molecule has 0 aliphatic rings. The third-order valence-electron chi connectivity index (χ3n) is 5.34. The Bertz CT molecular complexity index is 613. The van der Waals surface area contributed by atoms with Crippen molar-refractivity contribution in [3.63, 3.8) is 0 Å². The van der Waals surface area contributed by atoms with Gasteiger partial charge in [0.25, 0.3) is 0 Å². The van der Waals surface area contributed by atoms with Gasteiger partial charge in [-0.3, -0.25) is 13.8 Å². The maximum absolute atomic E-state index is 11.8. The number of allylic oxidation sites excluding steroid dienone is 4. The Hall–Kier alpha value is -1.02. The predicted molar refractivity (Wildman–Crippen MR) is 146 cm³/mol. The van der Waals surface area contributed by atoms with Gasteiger partial charge in [0, 0.05) is 19.6 Å². The van der Waals surface area contributed by atoms with E-state index in [9.17, 15) is 14.3 Å². The minimum Gasteiger partial charge on any atom is -0.457 e. The Labute approximate surface area is 219 Å². The molecule has 8 nitrogen and oxygen atoms in total. The summed E-state index contributed by atoms with van der Waals surface area (Å²) < 4.78 is 32.4. The molecule has 0 bridgehead atoms. The first-order valence-corrected chi connectivity index (χ1v) is 15.3. The summed E-state index contributed by atoms with van der Waals surface area (Å²) in [5.74, 6) is -0.390. The molecule has 36 heavy (non-hydrogen) atoms. The number of ether oxygens (including phenoxy) is 2. The number of phosphoric acid groups is 1. The van der Waals surface area contributed by atoms with Crippen molar-refractivity contribution in [3.8, 4) is 0 Å². The second-order valence-electron chi connectivity index (χ2n) is 8.91. The highest BCUT2D eigenvalue weighted by atomic mass is 31.2. The molecule has 0 fully saturated rings. The molecule has 0 amide bonds. The minimum atomic E-state index is -4.23. The van der Waals surface area contributed by atoms with Crippen LogP contribution in [0.3, 0.4) is 0 Å². The largest absolute Gasteiger partial charge is 0.472 e. The highest BCUT2D eigenvalue weighted by Gasteiger charge is 2.25. The molecule has 0 saturated carbocycles. The molecule has 0 radical (unpaired) electrons. The van der Waals surface area contributed by atoms with Crippen molar-refractivity contribution in [2.75, 3.05) is 33.0 Å². The fourth-order valence-corrected chi connectivity index (χ4v) is 4.12. The van der Waals surface area contributed by atoms with E-state index in [-0.39, 0.29) is 38.8 Å². The number of esters is 1. The van der Waals surface area contributed by atoms with E-state index in [1.165, 1.54) is 44.9 Å². The topological polar surface area (TPSA) is 117 Å². The second-order valence-corrected chi connectivity index (χ2v) is 10.4. The summed E-state index contributed by atoms with van der Waals surface area (Å²) >= 11 is 0. The summed E-state index contributed by atoms with van der Waals surface area (Å²) in [6, 6.07) is 0. The number of carbonyl (C=O) groups excluding carboxylic acids is 1. The first-order valence-electron chi connectivity index (χ1n) is 13.8. The van der Waals surface area contributed by atoms with Crippen LogP contribution in [0.4, 0.5) is 0 Å². The Kier molecular flexibility index (Phi) is 24.9. The number of phosphoric ester groups is 1. The predicted octanol–water partition coefficient (Wildman–Crippen LogP) is 6.62. The molecule has 0 aromatic heterocycles. The van der Waals surface area contributed by atoms with Gasteiger partial charge in [-0.05, 0) is 44.9 Å². The molecular weight excluding hydrogens is 481 g/mol. The van der Waals surface area contributed by atoms with Gasteiger partial charge in [-0.25, -0.2) is 4.57 Å². The van der Waals surface area contributed by atoms with Gasteiger partial charge in [0.05, 0.1) is 19.8 Å². The zero-order chi connectivity index (χ0) is 26.7. The summed E-state index contributed by atoms with van der Waals surface area (Å²) in [7, 11) is -4.23. The molecule has 9 heteroatoms. The molecule has 0 heterocycles. The summed E-state index contributed by atoms with van der Waals surface area (Å²) in [4.78, 5) is 21.4. The number of nitrogens with two attached hydrogens (primary N) is 1. The summed E-state index contributed by atoms with van der Waals surface area (Å²) in [5.41, 5.74) is 5.26. The highest BCUT2D eigenvalue weighted by molar-refractivity contribution is 7.47. The lowest BCUT2D eigenvalue weighted by Gasteiger charge is -2.19. The Morgan fingerprint density at radius 1 is 0.833 bits per heavy atom. The molecule has 0 aromatic carbocycles. The van der Waals surface area contributed by atoms with Crippen LogP contribution < -0.4 is 5.73 Å². The molecule has 212 valence electrons. The van der Waals surface area contributed by atoms with E-state index < -0.39 is 13.9 Å². The smallest absolute Gasteiger partial charge is 0.457 e. The van der Waals surface area contributed by atoms with Crippen LogP contribution in [0.5, 0.6) is 0 Å². The number of unbranched alkanes of at least 4 members (excludes halogenated alkanes) is 9. The Morgan fingerprint density at radius 3 is 2.11 bits per heavy atom. The van der Waals surface area contributed by atoms with Crippen LogP contribution in [0.15, 0.2) is 24.3 Å². The average molecular weight is 534 g/mol. The third-order valence-corrected chi connectivity index (χ3v) is 6.33. The van der Waals surface area contributed by atoms with E-state index in [1.54, 1.807) is 0 Å². The quantitative estimate of drug-likeness (QED) is 0.0551. The Morgan fingerprint density at radius 2 is 1.47 bits per heavy atom. The fraction of sp³-hybridized carbons (Fsp3) is 0.815. The second kappa shape index (κ2) is 25.6. The molecule has 0 spiro atoms. The van der Waals surface area contributed by atoms with Crippen molar-refractivity contribution in [3.05, 3.63) is 24.3 Å². The highest BCUT2D eigenvalue weighted by Crippen LogP contribution is 2.43. The maximum atomic E-state index is 11.8. The molecule has 0 aliphatic heterocycles. The van der Waals surface area contributed by atoms with Crippen molar-refractivity contribution in [2.24, 2.45) is 5.73 Å². The molecule has 0 aliphatic carbocycles. The molecule has 0 saturated heterocycles. The lowest BCUT2D eigenvalue weighted by atomic mass is 10.1. The number of hydrogen-bond acceptors (Lipinski definition) is 7. The summed E-state index contributed by atoms with van der Waals surface area (Å²) in [6.45, 7) is 4.46. The fourth-order valence-electron chi connectivity index (χ4n) is 3.35. The number of rotatable bonds is 26. The SMILES string of the molecule is CCCCC/C=C\C/C=C\CCCCCCCCOCC(COP(=O)(O)OCCN)OC(=O)CCC. The van der Waals surface area contributed by atoms with Crippen LogP contribution in [-0.2, 0) is 27.9 Å². The van der Waals surface area contributed by atoms with E-state index in [0.29, 0.717) is 13.0 Å². The van der Waals surface area contributed by atoms with Gasteiger partial charge in [-0.15, -0.1) is 0 Å². The zero-order valence-electron chi connectivity index (χ0n) is 22.7. The van der Waals surface area contributed by atoms with Crippen molar-refractivity contribution >= 4 is 13.8 Å². The summed E-state index contributed by atoms with van der Waals surface area (Å²) in [5, 5.41) is 0.